The number of aromatic carboxylic acids is 1. The van der Waals surface area contributed by atoms with E-state index in [0.717, 1.165) is 22.7 Å². The van der Waals surface area contributed by atoms with Crippen molar-refractivity contribution in [2.75, 3.05) is 7.11 Å². The molecule has 2 rings (SSSR count). The Labute approximate surface area is 102 Å². The Hall–Kier alpha value is -1.66. The number of carboxylic acid groups (broad SMARTS) is 1. The first-order valence-electron chi connectivity index (χ1n) is 4.90. The molecule has 0 aromatic carbocycles. The maximum Gasteiger partial charge on any atom is 0.347 e. The third-order valence-corrected chi connectivity index (χ3v) is 3.38. The van der Waals surface area contributed by atoms with Crippen molar-refractivity contribution in [3.63, 3.8) is 0 Å². The van der Waals surface area contributed by atoms with E-state index < -0.39 is 5.97 Å². The van der Waals surface area contributed by atoms with Gasteiger partial charge in [0, 0.05) is 7.11 Å². The van der Waals surface area contributed by atoms with E-state index in [0.29, 0.717) is 10.7 Å². The smallest absolute Gasteiger partial charge is 0.347 e. The third kappa shape index (κ3) is 2.22. The van der Waals surface area contributed by atoms with E-state index in [2.05, 4.69) is 4.98 Å². The SMILES string of the molecule is COCc1nc(-c2ccoc2C)sc1C(=O)O. The normalized spacial score (nSPS) is 10.7. The number of nitrogens with zero attached hydrogens (tertiary/aromatic N) is 1. The Kier molecular flexibility index (Phi) is 3.26. The van der Waals surface area contributed by atoms with Gasteiger partial charge in [-0.05, 0) is 13.0 Å². The highest BCUT2D eigenvalue weighted by Gasteiger charge is 2.19. The van der Waals surface area contributed by atoms with Crippen LogP contribution in [0.5, 0.6) is 0 Å². The number of aromatic nitrogens is 1. The van der Waals surface area contributed by atoms with E-state index in [1.165, 1.54) is 7.11 Å². The summed E-state index contributed by atoms with van der Waals surface area (Å²) in [6.45, 7) is 2.00. The summed E-state index contributed by atoms with van der Waals surface area (Å²) >= 11 is 1.13. The van der Waals surface area contributed by atoms with E-state index in [4.69, 9.17) is 14.3 Å². The molecule has 2 aromatic heterocycles. The number of ether oxygens (including phenoxy) is 1. The standard InChI is InChI=1S/C11H11NO4S/c1-6-7(3-4-16-6)10-12-8(5-15-2)9(17-10)11(13)14/h3-4H,5H2,1-2H3,(H,13,14). The maximum absolute atomic E-state index is 11.1. The number of methoxy groups -OCH3 is 1. The lowest BCUT2D eigenvalue weighted by Crippen LogP contribution is -1.99. The maximum atomic E-state index is 11.1. The topological polar surface area (TPSA) is 72.6 Å². The van der Waals surface area contributed by atoms with Crippen molar-refractivity contribution in [2.45, 2.75) is 13.5 Å². The van der Waals surface area contributed by atoms with Crippen LogP contribution in [0.25, 0.3) is 10.6 Å². The number of hydrogen-bond donors (Lipinski definition) is 1. The van der Waals surface area contributed by atoms with Crippen molar-refractivity contribution in [2.24, 2.45) is 0 Å². The molecule has 2 aromatic rings. The summed E-state index contributed by atoms with van der Waals surface area (Å²) in [7, 11) is 1.51. The van der Waals surface area contributed by atoms with Gasteiger partial charge in [-0.15, -0.1) is 11.3 Å². The van der Waals surface area contributed by atoms with Gasteiger partial charge in [-0.3, -0.25) is 0 Å². The Morgan fingerprint density at radius 1 is 1.65 bits per heavy atom. The molecule has 0 aliphatic rings. The average molecular weight is 253 g/mol. The molecule has 0 unspecified atom stereocenters. The first-order chi connectivity index (χ1) is 8.13. The van der Waals surface area contributed by atoms with E-state index >= 15 is 0 Å². The van der Waals surface area contributed by atoms with Crippen LogP contribution in [-0.4, -0.2) is 23.2 Å². The second kappa shape index (κ2) is 4.68. The van der Waals surface area contributed by atoms with E-state index in [1.807, 2.05) is 6.92 Å². The van der Waals surface area contributed by atoms with Crippen molar-refractivity contribution in [3.05, 3.63) is 28.7 Å². The largest absolute Gasteiger partial charge is 0.477 e. The van der Waals surface area contributed by atoms with E-state index in [1.54, 1.807) is 12.3 Å². The zero-order valence-corrected chi connectivity index (χ0v) is 10.2. The van der Waals surface area contributed by atoms with Gasteiger partial charge in [0.15, 0.2) is 0 Å². The molecule has 0 amide bonds. The van der Waals surface area contributed by atoms with Crippen LogP contribution < -0.4 is 0 Å². The molecule has 90 valence electrons. The molecule has 5 nitrogen and oxygen atoms in total. The zero-order chi connectivity index (χ0) is 12.4. The molecule has 0 bridgehead atoms. The lowest BCUT2D eigenvalue weighted by atomic mass is 10.3. The first-order valence-corrected chi connectivity index (χ1v) is 5.71. The molecule has 0 atom stereocenters. The Balaban J connectivity index is 2.47. The van der Waals surface area contributed by atoms with Crippen LogP contribution in [0.3, 0.4) is 0 Å². The molecule has 0 aliphatic heterocycles. The van der Waals surface area contributed by atoms with Crippen LogP contribution in [0.1, 0.15) is 21.1 Å². The van der Waals surface area contributed by atoms with Crippen LogP contribution in [0.2, 0.25) is 0 Å². The third-order valence-electron chi connectivity index (χ3n) is 2.26. The minimum absolute atomic E-state index is 0.190. The molecule has 1 N–H and O–H groups in total. The van der Waals surface area contributed by atoms with Crippen LogP contribution in [0, 0.1) is 6.92 Å². The van der Waals surface area contributed by atoms with Crippen LogP contribution in [0.4, 0.5) is 0 Å². The second-order valence-electron chi connectivity index (χ2n) is 3.42. The molecule has 0 saturated heterocycles. The summed E-state index contributed by atoms with van der Waals surface area (Å²) in [6, 6.07) is 1.77. The summed E-state index contributed by atoms with van der Waals surface area (Å²) in [5, 5.41) is 9.70. The van der Waals surface area contributed by atoms with Gasteiger partial charge in [-0.25, -0.2) is 9.78 Å². The fraction of sp³-hybridized carbons (Fsp3) is 0.273. The quantitative estimate of drug-likeness (QED) is 0.906. The van der Waals surface area contributed by atoms with Crippen LogP contribution >= 0.6 is 11.3 Å². The van der Waals surface area contributed by atoms with E-state index in [-0.39, 0.29) is 11.5 Å². The Morgan fingerprint density at radius 3 is 2.94 bits per heavy atom. The van der Waals surface area contributed by atoms with E-state index in [9.17, 15) is 4.79 Å². The zero-order valence-electron chi connectivity index (χ0n) is 9.39. The van der Waals surface area contributed by atoms with Gasteiger partial charge in [-0.2, -0.15) is 0 Å². The summed E-state index contributed by atoms with van der Waals surface area (Å²) in [4.78, 5) is 15.5. The monoisotopic (exact) mass is 253 g/mol. The van der Waals surface area contributed by atoms with Crippen molar-refractivity contribution < 1.29 is 19.1 Å². The minimum Gasteiger partial charge on any atom is -0.477 e. The lowest BCUT2D eigenvalue weighted by Gasteiger charge is -1.94. The molecule has 0 saturated carbocycles. The molecule has 0 aliphatic carbocycles. The predicted octanol–water partition coefficient (Wildman–Crippen LogP) is 2.56. The fourth-order valence-electron chi connectivity index (χ4n) is 1.48. The molecular formula is C11H11NO4S. The summed E-state index contributed by atoms with van der Waals surface area (Å²) in [6.07, 6.45) is 1.56. The fourth-order valence-corrected chi connectivity index (χ4v) is 2.46. The number of carbonyl (C=O) groups is 1. The minimum atomic E-state index is -0.984. The molecule has 2 heterocycles. The second-order valence-corrected chi connectivity index (χ2v) is 4.42. The van der Waals surface area contributed by atoms with Crippen molar-refractivity contribution in [1.82, 2.24) is 4.98 Å². The molecular weight excluding hydrogens is 242 g/mol. The van der Waals surface area contributed by atoms with Crippen LogP contribution in [-0.2, 0) is 11.3 Å². The number of carboxylic acids is 1. The van der Waals surface area contributed by atoms with Gasteiger partial charge in [0.2, 0.25) is 0 Å². The first kappa shape index (κ1) is 11.8. The lowest BCUT2D eigenvalue weighted by molar-refractivity contribution is 0.0697. The molecule has 0 fully saturated rings. The summed E-state index contributed by atoms with van der Waals surface area (Å²) < 4.78 is 10.1. The predicted molar refractivity (Wildman–Crippen MR) is 62.2 cm³/mol. The molecule has 17 heavy (non-hydrogen) atoms. The highest BCUT2D eigenvalue weighted by Crippen LogP contribution is 2.31. The summed E-state index contributed by atoms with van der Waals surface area (Å²) in [5.74, 6) is -0.262. The number of aryl methyl sites for hydroxylation is 1. The Morgan fingerprint density at radius 2 is 2.41 bits per heavy atom. The van der Waals surface area contributed by atoms with Crippen molar-refractivity contribution in [1.29, 1.82) is 0 Å². The summed E-state index contributed by atoms with van der Waals surface area (Å²) in [5.41, 5.74) is 1.26. The highest BCUT2D eigenvalue weighted by atomic mass is 32.1. The van der Waals surface area contributed by atoms with Gasteiger partial charge >= 0.3 is 5.97 Å². The van der Waals surface area contributed by atoms with Gasteiger partial charge in [0.05, 0.1) is 24.1 Å². The van der Waals surface area contributed by atoms with Crippen LogP contribution in [0.15, 0.2) is 16.7 Å². The number of furan rings is 1. The molecule has 0 radical (unpaired) electrons. The van der Waals surface area contributed by atoms with Gasteiger partial charge in [-0.1, -0.05) is 0 Å². The number of thiazole rings is 1. The average Bonchev–Trinajstić information content (AvgIpc) is 2.84. The number of rotatable bonds is 4. The van der Waals surface area contributed by atoms with Gasteiger partial charge in [0.1, 0.15) is 15.6 Å². The Bertz CT molecular complexity index is 543. The van der Waals surface area contributed by atoms with Gasteiger partial charge < -0.3 is 14.3 Å². The van der Waals surface area contributed by atoms with Gasteiger partial charge in [0.25, 0.3) is 0 Å². The number of hydrogen-bond acceptors (Lipinski definition) is 5. The molecule has 0 spiro atoms. The molecule has 6 heteroatoms. The highest BCUT2D eigenvalue weighted by molar-refractivity contribution is 7.17. The van der Waals surface area contributed by atoms with Crippen molar-refractivity contribution in [3.8, 4) is 10.6 Å². The van der Waals surface area contributed by atoms with Crippen molar-refractivity contribution >= 4 is 17.3 Å².